The molecule has 0 heterocycles. The van der Waals surface area contributed by atoms with E-state index in [-0.39, 0.29) is 0 Å². The Bertz CT molecular complexity index is 315. The van der Waals surface area contributed by atoms with E-state index in [0.717, 1.165) is 32.8 Å². The zero-order valence-corrected chi connectivity index (χ0v) is 11.2. The molecule has 0 saturated heterocycles. The second-order valence-corrected chi connectivity index (χ2v) is 4.40. The normalized spacial score (nSPS) is 11.1. The van der Waals surface area contributed by atoms with Crippen molar-refractivity contribution < 1.29 is 4.74 Å². The van der Waals surface area contributed by atoms with Gasteiger partial charge in [0.2, 0.25) is 0 Å². The number of benzene rings is 1. The largest absolute Gasteiger partial charge is 0.383 e. The maximum atomic E-state index is 5.04. The Morgan fingerprint density at radius 1 is 1.24 bits per heavy atom. The van der Waals surface area contributed by atoms with Crippen molar-refractivity contribution in [3.63, 3.8) is 0 Å². The third kappa shape index (κ3) is 5.82. The van der Waals surface area contributed by atoms with E-state index in [1.54, 1.807) is 7.11 Å². The quantitative estimate of drug-likeness (QED) is 0.695. The van der Waals surface area contributed by atoms with E-state index >= 15 is 0 Å². The first kappa shape index (κ1) is 14.2. The summed E-state index contributed by atoms with van der Waals surface area (Å²) in [4.78, 5) is 2.27. The fraction of sp³-hybridized carbons (Fsp3) is 0.571. The van der Waals surface area contributed by atoms with Crippen molar-refractivity contribution >= 4 is 0 Å². The molecule has 1 aromatic rings. The van der Waals surface area contributed by atoms with Gasteiger partial charge in [0.1, 0.15) is 0 Å². The lowest BCUT2D eigenvalue weighted by molar-refractivity contribution is 0.161. The van der Waals surface area contributed by atoms with Crippen LogP contribution in [0.25, 0.3) is 0 Å². The Morgan fingerprint density at radius 2 is 2.00 bits per heavy atom. The number of hydrogen-bond donors (Lipinski definition) is 1. The highest BCUT2D eigenvalue weighted by molar-refractivity contribution is 5.25. The first-order valence-corrected chi connectivity index (χ1v) is 6.16. The van der Waals surface area contributed by atoms with Gasteiger partial charge in [-0.2, -0.15) is 0 Å². The summed E-state index contributed by atoms with van der Waals surface area (Å²) in [6.45, 7) is 6.95. The molecule has 96 valence electrons. The predicted octanol–water partition coefficient (Wildman–Crippen LogP) is 1.66. The van der Waals surface area contributed by atoms with Gasteiger partial charge < -0.3 is 15.0 Å². The number of nitrogens with one attached hydrogen (secondary N) is 1. The summed E-state index contributed by atoms with van der Waals surface area (Å²) in [6.07, 6.45) is 0. The van der Waals surface area contributed by atoms with Gasteiger partial charge >= 0.3 is 0 Å². The third-order valence-electron chi connectivity index (χ3n) is 2.92. The number of rotatable bonds is 8. The van der Waals surface area contributed by atoms with Crippen molar-refractivity contribution in [3.05, 3.63) is 35.4 Å². The first-order chi connectivity index (χ1) is 8.24. The number of methoxy groups -OCH3 is 1. The molecule has 1 N–H and O–H groups in total. The molecule has 0 fully saturated rings. The van der Waals surface area contributed by atoms with Gasteiger partial charge in [0.05, 0.1) is 6.61 Å². The molecule has 0 atom stereocenters. The molecule has 0 aromatic heterocycles. The molecule has 0 aliphatic rings. The molecule has 0 radical (unpaired) electrons. The van der Waals surface area contributed by atoms with Crippen molar-refractivity contribution in [3.8, 4) is 0 Å². The van der Waals surface area contributed by atoms with Crippen molar-refractivity contribution in [2.24, 2.45) is 0 Å². The summed E-state index contributed by atoms with van der Waals surface area (Å²) in [5.41, 5.74) is 2.74. The second-order valence-electron chi connectivity index (χ2n) is 4.40. The minimum Gasteiger partial charge on any atom is -0.383 e. The Hall–Kier alpha value is -0.900. The Kier molecular flexibility index (Phi) is 6.86. The average molecular weight is 236 g/mol. The van der Waals surface area contributed by atoms with Crippen LogP contribution in [-0.4, -0.2) is 45.3 Å². The Balaban J connectivity index is 2.14. The zero-order chi connectivity index (χ0) is 12.5. The van der Waals surface area contributed by atoms with Gasteiger partial charge in [-0.15, -0.1) is 0 Å². The molecular formula is C14H24N2O. The van der Waals surface area contributed by atoms with Crippen LogP contribution >= 0.6 is 0 Å². The van der Waals surface area contributed by atoms with Crippen LogP contribution in [0.5, 0.6) is 0 Å². The number of likely N-dealkylation sites (N-methyl/N-ethyl adjacent to an activating group) is 1. The standard InChI is InChI=1S/C14H24N2O/c1-13-6-4-5-7-14(13)12-15-8-9-16(2)10-11-17-3/h4-7,15H,8-12H2,1-3H3. The zero-order valence-electron chi connectivity index (χ0n) is 11.2. The predicted molar refractivity (Wildman–Crippen MR) is 72.3 cm³/mol. The van der Waals surface area contributed by atoms with Crippen LogP contribution in [0.15, 0.2) is 24.3 Å². The van der Waals surface area contributed by atoms with E-state index in [1.165, 1.54) is 11.1 Å². The fourth-order valence-electron chi connectivity index (χ4n) is 1.66. The van der Waals surface area contributed by atoms with Gasteiger partial charge in [-0.1, -0.05) is 24.3 Å². The van der Waals surface area contributed by atoms with Crippen LogP contribution in [-0.2, 0) is 11.3 Å². The van der Waals surface area contributed by atoms with Gasteiger partial charge in [-0.25, -0.2) is 0 Å². The monoisotopic (exact) mass is 236 g/mol. The summed E-state index contributed by atoms with van der Waals surface area (Å²) in [6, 6.07) is 8.50. The molecule has 1 rings (SSSR count). The first-order valence-electron chi connectivity index (χ1n) is 6.16. The van der Waals surface area contributed by atoms with Crippen LogP contribution in [0.3, 0.4) is 0 Å². The molecule has 0 amide bonds. The highest BCUT2D eigenvalue weighted by atomic mass is 16.5. The maximum Gasteiger partial charge on any atom is 0.0589 e. The summed E-state index contributed by atoms with van der Waals surface area (Å²) in [7, 11) is 3.86. The van der Waals surface area contributed by atoms with E-state index in [2.05, 4.69) is 48.5 Å². The van der Waals surface area contributed by atoms with E-state index in [9.17, 15) is 0 Å². The lowest BCUT2D eigenvalue weighted by Crippen LogP contribution is -2.31. The summed E-state index contributed by atoms with van der Waals surface area (Å²) in [5, 5.41) is 3.47. The van der Waals surface area contributed by atoms with E-state index < -0.39 is 0 Å². The van der Waals surface area contributed by atoms with Crippen molar-refractivity contribution in [1.82, 2.24) is 10.2 Å². The molecule has 17 heavy (non-hydrogen) atoms. The van der Waals surface area contributed by atoms with Crippen molar-refractivity contribution in [1.29, 1.82) is 0 Å². The van der Waals surface area contributed by atoms with Crippen LogP contribution in [0.1, 0.15) is 11.1 Å². The minimum atomic E-state index is 0.800. The van der Waals surface area contributed by atoms with Gasteiger partial charge in [0.15, 0.2) is 0 Å². The molecule has 0 saturated carbocycles. The molecule has 3 heteroatoms. The van der Waals surface area contributed by atoms with E-state index in [0.29, 0.717) is 0 Å². The van der Waals surface area contributed by atoms with Gasteiger partial charge in [0.25, 0.3) is 0 Å². The van der Waals surface area contributed by atoms with Crippen LogP contribution in [0.2, 0.25) is 0 Å². The Morgan fingerprint density at radius 3 is 2.71 bits per heavy atom. The van der Waals surface area contributed by atoms with Crippen molar-refractivity contribution in [2.75, 3.05) is 40.4 Å². The number of aryl methyl sites for hydroxylation is 1. The van der Waals surface area contributed by atoms with Crippen LogP contribution < -0.4 is 5.32 Å². The summed E-state index contributed by atoms with van der Waals surface area (Å²) >= 11 is 0. The molecule has 0 aliphatic heterocycles. The van der Waals surface area contributed by atoms with Gasteiger partial charge in [0, 0.05) is 33.3 Å². The van der Waals surface area contributed by atoms with Crippen LogP contribution in [0, 0.1) is 6.92 Å². The summed E-state index contributed by atoms with van der Waals surface area (Å²) < 4.78 is 5.04. The van der Waals surface area contributed by atoms with E-state index in [1.807, 2.05) is 0 Å². The third-order valence-corrected chi connectivity index (χ3v) is 2.92. The van der Waals surface area contributed by atoms with Gasteiger partial charge in [-0.05, 0) is 25.1 Å². The molecule has 0 spiro atoms. The molecule has 3 nitrogen and oxygen atoms in total. The lowest BCUT2D eigenvalue weighted by atomic mass is 10.1. The molecule has 0 aliphatic carbocycles. The van der Waals surface area contributed by atoms with Crippen molar-refractivity contribution in [2.45, 2.75) is 13.5 Å². The highest BCUT2D eigenvalue weighted by Crippen LogP contribution is 2.05. The Labute approximate surface area is 105 Å². The topological polar surface area (TPSA) is 24.5 Å². The smallest absolute Gasteiger partial charge is 0.0589 e. The molecule has 0 bridgehead atoms. The van der Waals surface area contributed by atoms with Crippen LogP contribution in [0.4, 0.5) is 0 Å². The molecule has 0 unspecified atom stereocenters. The highest BCUT2D eigenvalue weighted by Gasteiger charge is 1.98. The lowest BCUT2D eigenvalue weighted by Gasteiger charge is -2.16. The molecular weight excluding hydrogens is 212 g/mol. The summed E-state index contributed by atoms with van der Waals surface area (Å²) in [5.74, 6) is 0. The average Bonchev–Trinajstić information content (AvgIpc) is 2.34. The number of hydrogen-bond acceptors (Lipinski definition) is 3. The maximum absolute atomic E-state index is 5.04. The molecule has 1 aromatic carbocycles. The number of nitrogens with zero attached hydrogens (tertiary/aromatic N) is 1. The second kappa shape index (κ2) is 8.23. The minimum absolute atomic E-state index is 0.800. The van der Waals surface area contributed by atoms with Gasteiger partial charge in [-0.3, -0.25) is 0 Å². The fourth-order valence-corrected chi connectivity index (χ4v) is 1.66. The SMILES string of the molecule is COCCN(C)CCNCc1ccccc1C. The van der Waals surface area contributed by atoms with E-state index in [4.69, 9.17) is 4.74 Å². The number of ether oxygens (including phenoxy) is 1.